The van der Waals surface area contributed by atoms with Gasteiger partial charge in [-0.05, 0) is 73.2 Å². The predicted molar refractivity (Wildman–Crippen MR) is 141 cm³/mol. The van der Waals surface area contributed by atoms with Gasteiger partial charge in [-0.2, -0.15) is 0 Å². The summed E-state index contributed by atoms with van der Waals surface area (Å²) in [4.78, 5) is 28.1. The number of halogens is 1. The molecule has 2 fully saturated rings. The zero-order valence-corrected chi connectivity index (χ0v) is 21.0. The summed E-state index contributed by atoms with van der Waals surface area (Å²) in [6.07, 6.45) is 5.87. The molecule has 0 aromatic heterocycles. The average molecular weight is 499 g/mol. The monoisotopic (exact) mass is 498 g/mol. The van der Waals surface area contributed by atoms with Crippen LogP contribution >= 0.6 is 0 Å². The summed E-state index contributed by atoms with van der Waals surface area (Å²) >= 11 is 0. The SMILES string of the molecule is Cc1cccc(CN2C(=O)/C(=C\c3ccc(C(=O)NCc4ccc(F)cc4)cc3)OC3CCCCC32)c1. The predicted octanol–water partition coefficient (Wildman–Crippen LogP) is 5.78. The molecule has 5 nitrogen and oxygen atoms in total. The van der Waals surface area contributed by atoms with E-state index in [9.17, 15) is 14.0 Å². The molecule has 1 aliphatic carbocycles. The van der Waals surface area contributed by atoms with Crippen LogP contribution in [0, 0.1) is 12.7 Å². The molecule has 0 radical (unpaired) electrons. The van der Waals surface area contributed by atoms with Crippen molar-refractivity contribution in [1.82, 2.24) is 10.2 Å². The summed E-state index contributed by atoms with van der Waals surface area (Å²) in [5.41, 5.74) is 4.42. The van der Waals surface area contributed by atoms with Crippen LogP contribution in [-0.4, -0.2) is 28.9 Å². The van der Waals surface area contributed by atoms with Gasteiger partial charge in [0.05, 0.1) is 6.04 Å². The van der Waals surface area contributed by atoms with Gasteiger partial charge in [-0.1, -0.05) is 60.5 Å². The molecule has 1 heterocycles. The third-order valence-electron chi connectivity index (χ3n) is 7.09. The molecule has 0 spiro atoms. The number of aryl methyl sites for hydroxylation is 1. The van der Waals surface area contributed by atoms with E-state index in [0.717, 1.165) is 42.4 Å². The summed E-state index contributed by atoms with van der Waals surface area (Å²) in [6, 6.07) is 21.5. The molecular weight excluding hydrogens is 467 g/mol. The topological polar surface area (TPSA) is 58.6 Å². The molecule has 1 N–H and O–H groups in total. The van der Waals surface area contributed by atoms with Crippen LogP contribution < -0.4 is 5.32 Å². The summed E-state index contributed by atoms with van der Waals surface area (Å²) in [6.45, 7) is 2.94. The molecular formula is C31H31FN2O3. The molecule has 6 heteroatoms. The maximum absolute atomic E-state index is 13.5. The normalized spacial score (nSPS) is 20.3. The lowest BCUT2D eigenvalue weighted by Crippen LogP contribution is -2.54. The van der Waals surface area contributed by atoms with Crippen molar-refractivity contribution in [2.75, 3.05) is 0 Å². The van der Waals surface area contributed by atoms with E-state index in [-0.39, 0.29) is 29.8 Å². The summed E-state index contributed by atoms with van der Waals surface area (Å²) in [5.74, 6) is -0.268. The molecule has 2 unspecified atom stereocenters. The van der Waals surface area contributed by atoms with Gasteiger partial charge in [0.2, 0.25) is 0 Å². The van der Waals surface area contributed by atoms with Crippen LogP contribution in [0.1, 0.15) is 58.3 Å². The molecule has 190 valence electrons. The Hall–Kier alpha value is -3.93. The molecule has 5 rings (SSSR count). The molecule has 3 aromatic rings. The number of hydrogen-bond acceptors (Lipinski definition) is 3. The number of fused-ring (bicyclic) bond motifs is 1. The number of benzene rings is 3. The number of morpholine rings is 1. The first-order chi connectivity index (χ1) is 18.0. The minimum absolute atomic E-state index is 0.000906. The Morgan fingerprint density at radius 1 is 1.03 bits per heavy atom. The molecule has 37 heavy (non-hydrogen) atoms. The molecule has 2 aliphatic rings. The highest BCUT2D eigenvalue weighted by molar-refractivity contribution is 5.97. The van der Waals surface area contributed by atoms with Crippen molar-refractivity contribution >= 4 is 17.9 Å². The van der Waals surface area contributed by atoms with Crippen molar-refractivity contribution in [2.45, 2.75) is 57.8 Å². The number of carbonyl (C=O) groups excluding carboxylic acids is 2. The number of nitrogens with one attached hydrogen (secondary N) is 1. The zero-order valence-electron chi connectivity index (χ0n) is 21.0. The van der Waals surface area contributed by atoms with Crippen LogP contribution in [0.3, 0.4) is 0 Å². The molecule has 0 bridgehead atoms. The van der Waals surface area contributed by atoms with E-state index >= 15 is 0 Å². The van der Waals surface area contributed by atoms with E-state index in [1.165, 1.54) is 17.7 Å². The van der Waals surface area contributed by atoms with Crippen LogP contribution in [0.4, 0.5) is 4.39 Å². The van der Waals surface area contributed by atoms with E-state index in [0.29, 0.717) is 24.4 Å². The first kappa shape index (κ1) is 24.8. The Balaban J connectivity index is 1.29. The van der Waals surface area contributed by atoms with E-state index in [2.05, 4.69) is 30.4 Å². The van der Waals surface area contributed by atoms with Crippen molar-refractivity contribution in [3.8, 4) is 0 Å². The van der Waals surface area contributed by atoms with Crippen LogP contribution in [0.2, 0.25) is 0 Å². The fourth-order valence-corrected chi connectivity index (χ4v) is 5.14. The minimum Gasteiger partial charge on any atom is -0.482 e. The number of hydrogen-bond donors (Lipinski definition) is 1. The lowest BCUT2D eigenvalue weighted by molar-refractivity contribution is -0.149. The summed E-state index contributed by atoms with van der Waals surface area (Å²) in [7, 11) is 0. The van der Waals surface area contributed by atoms with Gasteiger partial charge >= 0.3 is 0 Å². The van der Waals surface area contributed by atoms with Crippen LogP contribution in [0.5, 0.6) is 0 Å². The Morgan fingerprint density at radius 2 is 1.78 bits per heavy atom. The number of amides is 2. The van der Waals surface area contributed by atoms with Crippen LogP contribution in [-0.2, 0) is 22.6 Å². The molecule has 2 atom stereocenters. The summed E-state index contributed by atoms with van der Waals surface area (Å²) < 4.78 is 19.3. The molecule has 1 saturated heterocycles. The van der Waals surface area contributed by atoms with Gasteiger partial charge in [-0.3, -0.25) is 9.59 Å². The Labute approximate surface area is 217 Å². The Kier molecular flexibility index (Phi) is 7.35. The van der Waals surface area contributed by atoms with Crippen LogP contribution in [0.25, 0.3) is 6.08 Å². The third kappa shape index (κ3) is 5.91. The van der Waals surface area contributed by atoms with Crippen molar-refractivity contribution in [2.24, 2.45) is 0 Å². The Bertz CT molecular complexity index is 1300. The number of rotatable bonds is 6. The van der Waals surface area contributed by atoms with Crippen molar-refractivity contribution < 1.29 is 18.7 Å². The fourth-order valence-electron chi connectivity index (χ4n) is 5.14. The standard InChI is InChI=1S/C31H31FN2O3/c1-21-5-4-6-24(17-21)20-34-27-7-2-3-8-28(27)37-29(31(34)36)18-22-9-13-25(14-10-22)30(35)33-19-23-11-15-26(32)16-12-23/h4-6,9-18,27-28H,2-3,7-8,19-20H2,1H3,(H,33,35)/b29-18+. The largest absolute Gasteiger partial charge is 0.482 e. The van der Waals surface area contributed by atoms with Gasteiger partial charge in [0.15, 0.2) is 5.76 Å². The lowest BCUT2D eigenvalue weighted by atomic mass is 9.89. The fraction of sp³-hybridized carbons (Fsp3) is 0.290. The second-order valence-corrected chi connectivity index (χ2v) is 9.87. The average Bonchev–Trinajstić information content (AvgIpc) is 2.91. The quantitative estimate of drug-likeness (QED) is 0.439. The van der Waals surface area contributed by atoms with Crippen molar-refractivity contribution in [3.05, 3.63) is 112 Å². The highest BCUT2D eigenvalue weighted by atomic mass is 19.1. The van der Waals surface area contributed by atoms with E-state index in [1.54, 1.807) is 30.3 Å². The molecule has 3 aromatic carbocycles. The van der Waals surface area contributed by atoms with Crippen molar-refractivity contribution in [3.63, 3.8) is 0 Å². The second kappa shape index (κ2) is 11.0. The van der Waals surface area contributed by atoms with Gasteiger partial charge in [0.25, 0.3) is 11.8 Å². The number of ether oxygens (including phenoxy) is 1. The van der Waals surface area contributed by atoms with Gasteiger partial charge in [0.1, 0.15) is 11.9 Å². The van der Waals surface area contributed by atoms with Crippen LogP contribution in [0.15, 0.2) is 78.6 Å². The summed E-state index contributed by atoms with van der Waals surface area (Å²) in [5, 5.41) is 2.84. The van der Waals surface area contributed by atoms with Gasteiger partial charge in [-0.15, -0.1) is 0 Å². The maximum Gasteiger partial charge on any atom is 0.289 e. The molecule has 2 amide bonds. The maximum atomic E-state index is 13.5. The minimum atomic E-state index is -0.308. The Morgan fingerprint density at radius 3 is 2.54 bits per heavy atom. The third-order valence-corrected chi connectivity index (χ3v) is 7.09. The van der Waals surface area contributed by atoms with Crippen molar-refractivity contribution in [1.29, 1.82) is 0 Å². The molecule has 1 aliphatic heterocycles. The van der Waals surface area contributed by atoms with E-state index in [1.807, 2.05) is 23.1 Å². The highest BCUT2D eigenvalue weighted by Gasteiger charge is 2.41. The second-order valence-electron chi connectivity index (χ2n) is 9.87. The first-order valence-electron chi connectivity index (χ1n) is 12.8. The van der Waals surface area contributed by atoms with E-state index < -0.39 is 0 Å². The number of carbonyl (C=O) groups is 2. The highest BCUT2D eigenvalue weighted by Crippen LogP contribution is 2.34. The smallest absolute Gasteiger partial charge is 0.289 e. The van der Waals surface area contributed by atoms with Gasteiger partial charge < -0.3 is 15.0 Å². The molecule has 1 saturated carbocycles. The first-order valence-corrected chi connectivity index (χ1v) is 12.8. The van der Waals surface area contributed by atoms with Gasteiger partial charge in [-0.25, -0.2) is 4.39 Å². The van der Waals surface area contributed by atoms with E-state index in [4.69, 9.17) is 4.74 Å². The van der Waals surface area contributed by atoms with Gasteiger partial charge in [0, 0.05) is 18.7 Å². The lowest BCUT2D eigenvalue weighted by Gasteiger charge is -2.44. The zero-order chi connectivity index (χ0) is 25.8. The number of nitrogens with zero attached hydrogens (tertiary/aromatic N) is 1.